The second kappa shape index (κ2) is 7.62. The van der Waals surface area contributed by atoms with Crippen molar-refractivity contribution >= 4 is 28.6 Å². The summed E-state index contributed by atoms with van der Waals surface area (Å²) < 4.78 is 0.845. The molecule has 1 N–H and O–H groups in total. The Morgan fingerprint density at radius 3 is 2.85 bits per heavy atom. The summed E-state index contributed by atoms with van der Waals surface area (Å²) in [7, 11) is 2.10. The van der Waals surface area contributed by atoms with Crippen molar-refractivity contribution < 1.29 is 0 Å². The summed E-state index contributed by atoms with van der Waals surface area (Å²) in [5.74, 6) is 0. The molecular weight excluding hydrogens is 290 g/mol. The summed E-state index contributed by atoms with van der Waals surface area (Å²) in [6.45, 7) is 4.88. The molecule has 0 fully saturated rings. The first-order valence-corrected chi connectivity index (χ1v) is 7.98. The second-order valence-electron chi connectivity index (χ2n) is 4.84. The summed E-state index contributed by atoms with van der Waals surface area (Å²) in [5, 5.41) is 3.39. The van der Waals surface area contributed by atoms with Crippen LogP contribution in [0, 0.1) is 0 Å². The smallest absolute Gasteiger partial charge is 0.0931 e. The quantitative estimate of drug-likeness (QED) is 0.828. The van der Waals surface area contributed by atoms with Gasteiger partial charge in [-0.05, 0) is 37.7 Å². The average Bonchev–Trinajstić information content (AvgIpc) is 2.82. The lowest BCUT2D eigenvalue weighted by Gasteiger charge is -2.15. The minimum Gasteiger partial charge on any atom is -0.385 e. The predicted molar refractivity (Wildman–Crippen MR) is 87.5 cm³/mol. The Labute approximate surface area is 129 Å². The minimum atomic E-state index is 0.831. The van der Waals surface area contributed by atoms with E-state index in [0.717, 1.165) is 41.8 Å². The third kappa shape index (κ3) is 4.78. The van der Waals surface area contributed by atoms with Gasteiger partial charge < -0.3 is 5.32 Å². The molecule has 0 aliphatic carbocycles. The third-order valence-electron chi connectivity index (χ3n) is 2.88. The SMILES string of the molecule is CCCNc1ccnc(CN(C)Cc2ccc(Cl)s2)c1. The van der Waals surface area contributed by atoms with Crippen LogP contribution in [0.15, 0.2) is 30.5 Å². The van der Waals surface area contributed by atoms with Gasteiger partial charge in [-0.15, -0.1) is 11.3 Å². The second-order valence-corrected chi connectivity index (χ2v) is 6.64. The largest absolute Gasteiger partial charge is 0.385 e. The number of hydrogen-bond acceptors (Lipinski definition) is 4. The maximum atomic E-state index is 5.95. The molecule has 20 heavy (non-hydrogen) atoms. The van der Waals surface area contributed by atoms with Crippen LogP contribution in [0.4, 0.5) is 5.69 Å². The van der Waals surface area contributed by atoms with E-state index in [4.69, 9.17) is 11.6 Å². The number of thiophene rings is 1. The van der Waals surface area contributed by atoms with Crippen molar-refractivity contribution in [2.75, 3.05) is 18.9 Å². The predicted octanol–water partition coefficient (Wildman–Crippen LogP) is 4.25. The first kappa shape index (κ1) is 15.3. The Hall–Kier alpha value is -1.10. The number of pyridine rings is 1. The number of nitrogens with one attached hydrogen (secondary N) is 1. The standard InChI is InChI=1S/C15H20ClN3S/c1-3-7-17-12-6-8-18-13(9-12)10-19(2)11-14-4-5-15(16)20-14/h4-6,8-9H,3,7,10-11H2,1-2H3,(H,17,18). The first-order chi connectivity index (χ1) is 9.67. The molecule has 0 bridgehead atoms. The minimum absolute atomic E-state index is 0.831. The van der Waals surface area contributed by atoms with Crippen LogP contribution < -0.4 is 5.32 Å². The van der Waals surface area contributed by atoms with Crippen LogP contribution in [0.25, 0.3) is 0 Å². The molecule has 0 atom stereocenters. The number of aromatic nitrogens is 1. The van der Waals surface area contributed by atoms with Crippen molar-refractivity contribution in [1.82, 2.24) is 9.88 Å². The molecule has 0 aliphatic rings. The van der Waals surface area contributed by atoms with E-state index in [2.05, 4.69) is 41.3 Å². The molecule has 0 radical (unpaired) electrons. The zero-order valence-electron chi connectivity index (χ0n) is 11.9. The maximum Gasteiger partial charge on any atom is 0.0931 e. The van der Waals surface area contributed by atoms with E-state index in [1.165, 1.54) is 4.88 Å². The molecule has 0 spiro atoms. The molecular formula is C15H20ClN3S. The maximum absolute atomic E-state index is 5.95. The summed E-state index contributed by atoms with van der Waals surface area (Å²) in [4.78, 5) is 7.95. The molecule has 2 rings (SSSR count). The van der Waals surface area contributed by atoms with E-state index in [1.54, 1.807) is 11.3 Å². The van der Waals surface area contributed by atoms with Gasteiger partial charge >= 0.3 is 0 Å². The van der Waals surface area contributed by atoms with Gasteiger partial charge in [-0.25, -0.2) is 0 Å². The lowest BCUT2D eigenvalue weighted by molar-refractivity contribution is 0.318. The Morgan fingerprint density at radius 1 is 1.30 bits per heavy atom. The van der Waals surface area contributed by atoms with Gasteiger partial charge in [-0.2, -0.15) is 0 Å². The van der Waals surface area contributed by atoms with E-state index in [0.29, 0.717) is 0 Å². The lowest BCUT2D eigenvalue weighted by atomic mass is 10.3. The van der Waals surface area contributed by atoms with E-state index in [1.807, 2.05) is 18.3 Å². The van der Waals surface area contributed by atoms with Crippen molar-refractivity contribution in [1.29, 1.82) is 0 Å². The highest BCUT2D eigenvalue weighted by Gasteiger charge is 2.05. The fraction of sp³-hybridized carbons (Fsp3) is 0.400. The molecule has 0 saturated heterocycles. The Morgan fingerprint density at radius 2 is 2.15 bits per heavy atom. The summed E-state index contributed by atoms with van der Waals surface area (Å²) >= 11 is 7.58. The van der Waals surface area contributed by atoms with Crippen LogP contribution in [0.3, 0.4) is 0 Å². The van der Waals surface area contributed by atoms with Gasteiger partial charge in [-0.3, -0.25) is 9.88 Å². The summed E-state index contributed by atoms with van der Waals surface area (Å²) in [6.07, 6.45) is 2.99. The van der Waals surface area contributed by atoms with Gasteiger partial charge in [0.25, 0.3) is 0 Å². The molecule has 2 aromatic heterocycles. The van der Waals surface area contributed by atoms with E-state index < -0.39 is 0 Å². The Bertz CT molecular complexity index is 541. The van der Waals surface area contributed by atoms with E-state index in [-0.39, 0.29) is 0 Å². The summed E-state index contributed by atoms with van der Waals surface area (Å²) in [6, 6.07) is 8.16. The van der Waals surface area contributed by atoms with Crippen LogP contribution in [0.2, 0.25) is 4.34 Å². The number of anilines is 1. The van der Waals surface area contributed by atoms with E-state index >= 15 is 0 Å². The zero-order valence-corrected chi connectivity index (χ0v) is 13.5. The monoisotopic (exact) mass is 309 g/mol. The van der Waals surface area contributed by atoms with Gasteiger partial charge in [0.15, 0.2) is 0 Å². The van der Waals surface area contributed by atoms with Crippen LogP contribution in [-0.2, 0) is 13.1 Å². The zero-order chi connectivity index (χ0) is 14.4. The fourth-order valence-electron chi connectivity index (χ4n) is 1.98. The van der Waals surface area contributed by atoms with Crippen molar-refractivity contribution in [3.63, 3.8) is 0 Å². The molecule has 0 aromatic carbocycles. The molecule has 108 valence electrons. The number of hydrogen-bond donors (Lipinski definition) is 1. The Balaban J connectivity index is 1.91. The fourth-order valence-corrected chi connectivity index (χ4v) is 3.15. The number of nitrogens with zero attached hydrogens (tertiary/aromatic N) is 2. The van der Waals surface area contributed by atoms with Crippen LogP contribution in [-0.4, -0.2) is 23.5 Å². The molecule has 0 unspecified atom stereocenters. The van der Waals surface area contributed by atoms with E-state index in [9.17, 15) is 0 Å². The normalized spacial score (nSPS) is 11.0. The summed E-state index contributed by atoms with van der Waals surface area (Å²) in [5.41, 5.74) is 2.22. The van der Waals surface area contributed by atoms with Crippen molar-refractivity contribution in [2.24, 2.45) is 0 Å². The molecule has 5 heteroatoms. The van der Waals surface area contributed by atoms with Crippen LogP contribution in [0.5, 0.6) is 0 Å². The average molecular weight is 310 g/mol. The number of halogens is 1. The lowest BCUT2D eigenvalue weighted by Crippen LogP contribution is -2.17. The first-order valence-electron chi connectivity index (χ1n) is 6.79. The van der Waals surface area contributed by atoms with Gasteiger partial charge in [0.05, 0.1) is 10.0 Å². The molecule has 3 nitrogen and oxygen atoms in total. The van der Waals surface area contributed by atoms with Gasteiger partial charge in [0.2, 0.25) is 0 Å². The topological polar surface area (TPSA) is 28.2 Å². The highest BCUT2D eigenvalue weighted by atomic mass is 35.5. The van der Waals surface area contributed by atoms with Gasteiger partial charge in [0, 0.05) is 36.4 Å². The van der Waals surface area contributed by atoms with Crippen molar-refractivity contribution in [2.45, 2.75) is 26.4 Å². The highest BCUT2D eigenvalue weighted by molar-refractivity contribution is 7.16. The number of rotatable bonds is 7. The van der Waals surface area contributed by atoms with Crippen LogP contribution >= 0.6 is 22.9 Å². The molecule has 0 saturated carbocycles. The molecule has 2 heterocycles. The van der Waals surface area contributed by atoms with Gasteiger partial charge in [-0.1, -0.05) is 18.5 Å². The highest BCUT2D eigenvalue weighted by Crippen LogP contribution is 2.22. The van der Waals surface area contributed by atoms with Crippen LogP contribution in [0.1, 0.15) is 23.9 Å². The van der Waals surface area contributed by atoms with Crippen molar-refractivity contribution in [3.8, 4) is 0 Å². The molecule has 2 aromatic rings. The Kier molecular flexibility index (Phi) is 5.83. The third-order valence-corrected chi connectivity index (χ3v) is 4.10. The molecule has 0 amide bonds. The van der Waals surface area contributed by atoms with Crippen molar-refractivity contribution in [3.05, 3.63) is 45.4 Å². The molecule has 0 aliphatic heterocycles. The van der Waals surface area contributed by atoms with Gasteiger partial charge in [0.1, 0.15) is 0 Å².